The fraction of sp³-hybridized carbons (Fsp3) is 0.538. The predicted octanol–water partition coefficient (Wildman–Crippen LogP) is 4.07. The number of alkyl halides is 1. The van der Waals surface area contributed by atoms with Gasteiger partial charge in [-0.05, 0) is 37.1 Å². The first-order valence-electron chi connectivity index (χ1n) is 5.48. The Labute approximate surface area is 104 Å². The molecule has 0 bridgehead atoms. The Morgan fingerprint density at radius 1 is 1.44 bits per heavy atom. The van der Waals surface area contributed by atoms with E-state index in [1.54, 1.807) is 19.1 Å². The molecule has 0 amide bonds. The van der Waals surface area contributed by atoms with E-state index in [4.69, 9.17) is 4.74 Å². The molecular weight excluding hydrogens is 271 g/mol. The van der Waals surface area contributed by atoms with Crippen molar-refractivity contribution in [3.8, 4) is 5.75 Å². The van der Waals surface area contributed by atoms with Gasteiger partial charge >= 0.3 is 0 Å². The average molecular weight is 287 g/mol. The summed E-state index contributed by atoms with van der Waals surface area (Å²) in [6, 6.07) is 4.91. The molecule has 2 unspecified atom stereocenters. The molecule has 1 aromatic rings. The Hall–Kier alpha value is -0.570. The Morgan fingerprint density at radius 3 is 2.62 bits per heavy atom. The summed E-state index contributed by atoms with van der Waals surface area (Å²) in [5.41, 5.74) is 0.771. The lowest BCUT2D eigenvalue weighted by Gasteiger charge is -2.48. The van der Waals surface area contributed by atoms with Gasteiger partial charge in [0.2, 0.25) is 0 Å². The molecule has 0 saturated heterocycles. The molecule has 1 saturated carbocycles. The maximum atomic E-state index is 13.1. The summed E-state index contributed by atoms with van der Waals surface area (Å²) >= 11 is 3.62. The second kappa shape index (κ2) is 4.02. The molecule has 1 aliphatic carbocycles. The van der Waals surface area contributed by atoms with Gasteiger partial charge in [0.1, 0.15) is 17.7 Å². The molecule has 16 heavy (non-hydrogen) atoms. The third-order valence-corrected chi connectivity index (χ3v) is 5.02. The van der Waals surface area contributed by atoms with Gasteiger partial charge in [0.25, 0.3) is 0 Å². The zero-order valence-electron chi connectivity index (χ0n) is 9.76. The van der Waals surface area contributed by atoms with E-state index in [1.807, 2.05) is 0 Å². The first kappa shape index (κ1) is 11.9. The molecule has 1 aliphatic rings. The summed E-state index contributed by atoms with van der Waals surface area (Å²) in [5, 5.41) is 0. The van der Waals surface area contributed by atoms with E-state index < -0.39 is 0 Å². The van der Waals surface area contributed by atoms with Crippen LogP contribution < -0.4 is 4.74 Å². The highest BCUT2D eigenvalue weighted by Gasteiger charge is 2.48. The maximum absolute atomic E-state index is 13.1. The minimum Gasteiger partial charge on any atom is -0.490 e. The lowest BCUT2D eigenvalue weighted by molar-refractivity contribution is -0.00787. The van der Waals surface area contributed by atoms with Gasteiger partial charge in [0.15, 0.2) is 0 Å². The van der Waals surface area contributed by atoms with Gasteiger partial charge in [0.05, 0.1) is 0 Å². The number of benzene rings is 1. The topological polar surface area (TPSA) is 9.23 Å². The van der Waals surface area contributed by atoms with E-state index in [0.717, 1.165) is 12.2 Å². The molecule has 1 fully saturated rings. The summed E-state index contributed by atoms with van der Waals surface area (Å²) < 4.78 is 19.0. The molecule has 2 atom stereocenters. The molecule has 1 aromatic carbocycles. The highest BCUT2D eigenvalue weighted by molar-refractivity contribution is 9.09. The SMILES string of the molecule is Cc1cc(OC2CC(Br)C2(C)C)ccc1F. The van der Waals surface area contributed by atoms with Crippen LogP contribution in [0.15, 0.2) is 18.2 Å². The second-order valence-electron chi connectivity index (χ2n) is 5.04. The minimum atomic E-state index is -0.182. The van der Waals surface area contributed by atoms with Crippen molar-refractivity contribution in [2.45, 2.75) is 38.1 Å². The van der Waals surface area contributed by atoms with Gasteiger partial charge in [-0.3, -0.25) is 0 Å². The van der Waals surface area contributed by atoms with Crippen LogP contribution in [0.1, 0.15) is 25.8 Å². The van der Waals surface area contributed by atoms with Crippen LogP contribution in [0.4, 0.5) is 4.39 Å². The summed E-state index contributed by atoms with van der Waals surface area (Å²) in [7, 11) is 0. The van der Waals surface area contributed by atoms with Gasteiger partial charge < -0.3 is 4.74 Å². The number of ether oxygens (including phenoxy) is 1. The standard InChI is InChI=1S/C13H16BrFO/c1-8-6-9(4-5-10(8)15)16-12-7-11(14)13(12,2)3/h4-6,11-12H,7H2,1-3H3. The summed E-state index contributed by atoms with van der Waals surface area (Å²) in [5.74, 6) is 0.579. The lowest BCUT2D eigenvalue weighted by atomic mass is 9.69. The van der Waals surface area contributed by atoms with Gasteiger partial charge in [-0.1, -0.05) is 29.8 Å². The van der Waals surface area contributed by atoms with Crippen molar-refractivity contribution in [1.82, 2.24) is 0 Å². The summed E-state index contributed by atoms with van der Waals surface area (Å²) in [4.78, 5) is 0.506. The molecule has 0 radical (unpaired) electrons. The molecule has 0 aliphatic heterocycles. The van der Waals surface area contributed by atoms with Crippen molar-refractivity contribution in [3.63, 3.8) is 0 Å². The number of halogens is 2. The molecule has 3 heteroatoms. The zero-order chi connectivity index (χ0) is 11.9. The van der Waals surface area contributed by atoms with Crippen molar-refractivity contribution >= 4 is 15.9 Å². The van der Waals surface area contributed by atoms with Crippen LogP contribution in [0.5, 0.6) is 5.75 Å². The molecule has 1 nitrogen and oxygen atoms in total. The smallest absolute Gasteiger partial charge is 0.126 e. The Balaban J connectivity index is 2.08. The van der Waals surface area contributed by atoms with Crippen molar-refractivity contribution in [2.24, 2.45) is 5.41 Å². The normalized spacial score (nSPS) is 27.3. The third-order valence-electron chi connectivity index (χ3n) is 3.47. The van der Waals surface area contributed by atoms with E-state index in [2.05, 4.69) is 29.8 Å². The monoisotopic (exact) mass is 286 g/mol. The summed E-state index contributed by atoms with van der Waals surface area (Å²) in [6.07, 6.45) is 1.21. The molecule has 0 heterocycles. The van der Waals surface area contributed by atoms with Crippen molar-refractivity contribution in [3.05, 3.63) is 29.6 Å². The van der Waals surface area contributed by atoms with Crippen LogP contribution in [-0.4, -0.2) is 10.9 Å². The average Bonchev–Trinajstić information content (AvgIpc) is 2.23. The van der Waals surface area contributed by atoms with Crippen LogP contribution in [0.25, 0.3) is 0 Å². The van der Waals surface area contributed by atoms with Crippen molar-refractivity contribution < 1.29 is 9.13 Å². The molecule has 0 N–H and O–H groups in total. The molecule has 88 valence electrons. The number of hydrogen-bond acceptors (Lipinski definition) is 1. The number of hydrogen-bond donors (Lipinski definition) is 0. The lowest BCUT2D eigenvalue weighted by Crippen LogP contribution is -2.53. The van der Waals surface area contributed by atoms with Gasteiger partial charge in [0, 0.05) is 10.2 Å². The first-order valence-corrected chi connectivity index (χ1v) is 6.39. The van der Waals surface area contributed by atoms with Crippen LogP contribution in [-0.2, 0) is 0 Å². The van der Waals surface area contributed by atoms with E-state index in [1.165, 1.54) is 6.07 Å². The molecule has 2 rings (SSSR count). The highest BCUT2D eigenvalue weighted by Crippen LogP contribution is 2.47. The van der Waals surface area contributed by atoms with Gasteiger partial charge in [-0.15, -0.1) is 0 Å². The largest absolute Gasteiger partial charge is 0.490 e. The van der Waals surface area contributed by atoms with Gasteiger partial charge in [-0.2, -0.15) is 0 Å². The summed E-state index contributed by atoms with van der Waals surface area (Å²) in [6.45, 7) is 6.11. The van der Waals surface area contributed by atoms with Crippen LogP contribution >= 0.6 is 15.9 Å². The van der Waals surface area contributed by atoms with Crippen LogP contribution in [0.2, 0.25) is 0 Å². The van der Waals surface area contributed by atoms with Gasteiger partial charge in [-0.25, -0.2) is 4.39 Å². The minimum absolute atomic E-state index is 0.141. The predicted molar refractivity (Wildman–Crippen MR) is 66.7 cm³/mol. The third kappa shape index (κ3) is 1.97. The highest BCUT2D eigenvalue weighted by atomic mass is 79.9. The second-order valence-corrected chi connectivity index (χ2v) is 6.15. The fourth-order valence-corrected chi connectivity index (χ4v) is 2.53. The molecule has 0 aromatic heterocycles. The molecule has 0 spiro atoms. The van der Waals surface area contributed by atoms with Crippen molar-refractivity contribution in [1.29, 1.82) is 0 Å². The Kier molecular flexibility index (Phi) is 2.99. The maximum Gasteiger partial charge on any atom is 0.126 e. The fourth-order valence-electron chi connectivity index (χ4n) is 1.89. The van der Waals surface area contributed by atoms with E-state index in [0.29, 0.717) is 10.4 Å². The molecular formula is C13H16BrFO. The first-order chi connectivity index (χ1) is 7.41. The Bertz CT molecular complexity index is 403. The zero-order valence-corrected chi connectivity index (χ0v) is 11.3. The van der Waals surface area contributed by atoms with Crippen molar-refractivity contribution in [2.75, 3.05) is 0 Å². The Morgan fingerprint density at radius 2 is 2.12 bits per heavy atom. The number of aryl methyl sites for hydroxylation is 1. The van der Waals surface area contributed by atoms with E-state index in [9.17, 15) is 4.39 Å². The van der Waals surface area contributed by atoms with E-state index in [-0.39, 0.29) is 17.3 Å². The number of rotatable bonds is 2. The van der Waals surface area contributed by atoms with Crippen LogP contribution in [0.3, 0.4) is 0 Å². The quantitative estimate of drug-likeness (QED) is 0.745. The van der Waals surface area contributed by atoms with Crippen LogP contribution in [0, 0.1) is 18.2 Å². The van der Waals surface area contributed by atoms with E-state index >= 15 is 0 Å².